The van der Waals surface area contributed by atoms with Crippen LogP contribution in [0.3, 0.4) is 0 Å². The predicted molar refractivity (Wildman–Crippen MR) is 116 cm³/mol. The number of nitrogens with one attached hydrogen (secondary N) is 2. The van der Waals surface area contributed by atoms with Gasteiger partial charge in [0.25, 0.3) is 17.5 Å². The molecule has 0 aliphatic rings. The fraction of sp³-hybridized carbons (Fsp3) is 0.286. The molecule has 2 rings (SSSR count). The summed E-state index contributed by atoms with van der Waals surface area (Å²) in [6.45, 7) is 7.30. The van der Waals surface area contributed by atoms with Crippen molar-refractivity contribution in [2.75, 3.05) is 24.5 Å². The molecule has 2 aromatic rings. The largest absolute Gasteiger partial charge is 0.372 e. The quantitative estimate of drug-likeness (QED) is 0.374. The minimum absolute atomic E-state index is 0.108. The number of nitrogens with zero attached hydrogens (tertiary/aromatic N) is 3. The second-order valence-electron chi connectivity index (χ2n) is 6.50. The zero-order valence-corrected chi connectivity index (χ0v) is 17.2. The molecule has 2 amide bonds. The summed E-state index contributed by atoms with van der Waals surface area (Å²) in [7, 11) is 0. The van der Waals surface area contributed by atoms with Gasteiger partial charge in [-0.1, -0.05) is 18.2 Å². The van der Waals surface area contributed by atoms with Gasteiger partial charge in [-0.3, -0.25) is 19.7 Å². The van der Waals surface area contributed by atoms with Gasteiger partial charge in [-0.15, -0.1) is 0 Å². The van der Waals surface area contributed by atoms with Gasteiger partial charge < -0.3 is 10.2 Å². The third kappa shape index (κ3) is 6.13. The van der Waals surface area contributed by atoms with Crippen LogP contribution in [0.4, 0.5) is 11.4 Å². The molecular formula is C21H25N5O4. The van der Waals surface area contributed by atoms with Crippen LogP contribution in [0.2, 0.25) is 0 Å². The van der Waals surface area contributed by atoms with E-state index in [1.54, 1.807) is 6.92 Å². The van der Waals surface area contributed by atoms with Crippen LogP contribution in [0.1, 0.15) is 35.3 Å². The average molecular weight is 411 g/mol. The summed E-state index contributed by atoms with van der Waals surface area (Å²) in [5.41, 5.74) is 4.68. The molecule has 0 aliphatic heterocycles. The molecule has 0 aliphatic carbocycles. The first-order valence-electron chi connectivity index (χ1n) is 9.55. The Morgan fingerprint density at radius 3 is 2.40 bits per heavy atom. The highest BCUT2D eigenvalue weighted by Crippen LogP contribution is 2.19. The van der Waals surface area contributed by atoms with Crippen molar-refractivity contribution in [1.82, 2.24) is 10.7 Å². The van der Waals surface area contributed by atoms with Gasteiger partial charge >= 0.3 is 0 Å². The van der Waals surface area contributed by atoms with Crippen LogP contribution < -0.4 is 15.6 Å². The second kappa shape index (κ2) is 10.7. The van der Waals surface area contributed by atoms with Gasteiger partial charge in [0.1, 0.15) is 0 Å². The van der Waals surface area contributed by atoms with E-state index in [0.29, 0.717) is 5.56 Å². The van der Waals surface area contributed by atoms with E-state index in [4.69, 9.17) is 0 Å². The number of hydrogen-bond donors (Lipinski definition) is 2. The highest BCUT2D eigenvalue weighted by Gasteiger charge is 2.15. The number of carbonyl (C=O) groups excluding carboxylic acids is 2. The van der Waals surface area contributed by atoms with Gasteiger partial charge in [0, 0.05) is 36.0 Å². The number of hydrogen-bond acceptors (Lipinski definition) is 6. The van der Waals surface area contributed by atoms with E-state index in [2.05, 4.69) is 34.6 Å². The van der Waals surface area contributed by atoms with Gasteiger partial charge in [0.2, 0.25) is 0 Å². The van der Waals surface area contributed by atoms with Crippen molar-refractivity contribution in [3.05, 3.63) is 69.3 Å². The second-order valence-corrected chi connectivity index (χ2v) is 6.50. The van der Waals surface area contributed by atoms with Crippen LogP contribution in [0.15, 0.2) is 47.6 Å². The molecular weight excluding hydrogens is 386 g/mol. The lowest BCUT2D eigenvalue weighted by Gasteiger charge is -2.20. The standard InChI is InChI=1S/C21H25N5O4/c1-4-25(5-2)18-10-7-16(8-11-18)13-23-24-20(27)14-22-21(28)17-9-6-15(3)19(12-17)26(29)30/h6-13H,4-5,14H2,1-3H3,(H,22,28)(H,24,27)/b23-13+. The highest BCUT2D eigenvalue weighted by molar-refractivity contribution is 5.97. The Hall–Kier alpha value is -3.75. The highest BCUT2D eigenvalue weighted by atomic mass is 16.6. The normalized spacial score (nSPS) is 10.6. The Balaban J connectivity index is 1.85. The Bertz CT molecular complexity index is 937. The molecule has 9 heteroatoms. The van der Waals surface area contributed by atoms with Crippen molar-refractivity contribution in [2.24, 2.45) is 5.10 Å². The molecule has 0 fully saturated rings. The first-order valence-corrected chi connectivity index (χ1v) is 9.55. The SMILES string of the molecule is CCN(CC)c1ccc(/C=N/NC(=O)CNC(=O)c2ccc(C)c([N+](=O)[O-])c2)cc1. The molecule has 2 N–H and O–H groups in total. The zero-order valence-electron chi connectivity index (χ0n) is 17.2. The van der Waals surface area contributed by atoms with Crippen LogP contribution in [-0.2, 0) is 4.79 Å². The summed E-state index contributed by atoms with van der Waals surface area (Å²) in [4.78, 5) is 36.6. The van der Waals surface area contributed by atoms with Crippen molar-refractivity contribution in [2.45, 2.75) is 20.8 Å². The summed E-state index contributed by atoms with van der Waals surface area (Å²) in [6.07, 6.45) is 1.51. The molecule has 0 bridgehead atoms. The molecule has 0 saturated carbocycles. The van der Waals surface area contributed by atoms with Crippen molar-refractivity contribution >= 4 is 29.4 Å². The van der Waals surface area contributed by atoms with Crippen LogP contribution in [0.25, 0.3) is 0 Å². The monoisotopic (exact) mass is 411 g/mol. The smallest absolute Gasteiger partial charge is 0.273 e. The molecule has 0 unspecified atom stereocenters. The summed E-state index contributed by atoms with van der Waals surface area (Å²) < 4.78 is 0. The van der Waals surface area contributed by atoms with Gasteiger partial charge in [0.05, 0.1) is 17.7 Å². The molecule has 158 valence electrons. The number of aryl methyl sites for hydroxylation is 1. The average Bonchev–Trinajstić information content (AvgIpc) is 2.74. The molecule has 0 aromatic heterocycles. The van der Waals surface area contributed by atoms with E-state index in [1.165, 1.54) is 24.4 Å². The van der Waals surface area contributed by atoms with Crippen LogP contribution in [0, 0.1) is 17.0 Å². The van der Waals surface area contributed by atoms with E-state index in [0.717, 1.165) is 24.3 Å². The maximum Gasteiger partial charge on any atom is 0.273 e. The molecule has 9 nitrogen and oxygen atoms in total. The van der Waals surface area contributed by atoms with E-state index < -0.39 is 16.7 Å². The van der Waals surface area contributed by atoms with E-state index in [1.807, 2.05) is 24.3 Å². The number of hydrazone groups is 1. The predicted octanol–water partition coefficient (Wildman–Crippen LogP) is 2.63. The molecule has 0 radical (unpaired) electrons. The Kier molecular flexibility index (Phi) is 8.04. The van der Waals surface area contributed by atoms with Gasteiger partial charge in [-0.25, -0.2) is 5.43 Å². The van der Waals surface area contributed by atoms with Crippen molar-refractivity contribution in [3.63, 3.8) is 0 Å². The Morgan fingerprint density at radius 2 is 1.80 bits per heavy atom. The first-order chi connectivity index (χ1) is 14.3. The van der Waals surface area contributed by atoms with Gasteiger partial charge in [0.15, 0.2) is 0 Å². The number of anilines is 1. The fourth-order valence-corrected chi connectivity index (χ4v) is 2.79. The molecule has 30 heavy (non-hydrogen) atoms. The number of nitro benzene ring substituents is 1. The van der Waals surface area contributed by atoms with Crippen LogP contribution >= 0.6 is 0 Å². The van der Waals surface area contributed by atoms with E-state index in [9.17, 15) is 19.7 Å². The first kappa shape index (κ1) is 22.5. The van der Waals surface area contributed by atoms with Crippen molar-refractivity contribution in [3.8, 4) is 0 Å². The van der Waals surface area contributed by atoms with E-state index >= 15 is 0 Å². The molecule has 0 heterocycles. The number of amides is 2. The number of carbonyl (C=O) groups is 2. The van der Waals surface area contributed by atoms with Crippen molar-refractivity contribution in [1.29, 1.82) is 0 Å². The third-order valence-electron chi connectivity index (χ3n) is 4.50. The molecule has 0 atom stereocenters. The summed E-state index contributed by atoms with van der Waals surface area (Å²) in [5.74, 6) is -1.09. The minimum Gasteiger partial charge on any atom is -0.372 e. The fourth-order valence-electron chi connectivity index (χ4n) is 2.79. The minimum atomic E-state index is -0.579. The summed E-state index contributed by atoms with van der Waals surface area (Å²) in [6, 6.07) is 11.9. The molecule has 0 spiro atoms. The number of benzene rings is 2. The number of nitro groups is 1. The Morgan fingerprint density at radius 1 is 1.13 bits per heavy atom. The maximum absolute atomic E-state index is 12.1. The summed E-state index contributed by atoms with van der Waals surface area (Å²) in [5, 5.41) is 17.3. The van der Waals surface area contributed by atoms with Crippen LogP contribution in [-0.4, -0.2) is 42.6 Å². The lowest BCUT2D eigenvalue weighted by molar-refractivity contribution is -0.385. The van der Waals surface area contributed by atoms with Crippen LogP contribution in [0.5, 0.6) is 0 Å². The lowest BCUT2D eigenvalue weighted by atomic mass is 10.1. The van der Waals surface area contributed by atoms with E-state index in [-0.39, 0.29) is 17.8 Å². The number of rotatable bonds is 9. The lowest BCUT2D eigenvalue weighted by Crippen LogP contribution is -2.34. The molecule has 0 saturated heterocycles. The van der Waals surface area contributed by atoms with Gasteiger partial charge in [-0.2, -0.15) is 5.10 Å². The summed E-state index contributed by atoms with van der Waals surface area (Å²) >= 11 is 0. The zero-order chi connectivity index (χ0) is 22.1. The maximum atomic E-state index is 12.1. The van der Waals surface area contributed by atoms with Gasteiger partial charge in [-0.05, 0) is 44.5 Å². The van der Waals surface area contributed by atoms with Crippen molar-refractivity contribution < 1.29 is 14.5 Å². The third-order valence-corrected chi connectivity index (χ3v) is 4.50. The Labute approximate surface area is 174 Å². The molecule has 2 aromatic carbocycles. The topological polar surface area (TPSA) is 117 Å².